The molecule has 0 spiro atoms. The molecule has 1 rings (SSSR count). The number of rotatable bonds is 5. The first-order valence-electron chi connectivity index (χ1n) is 5.18. The standard InChI is InChI=1S/C12H15ClO4/c1-12(2,11(15)16-8-7-14)17-10-5-3-9(13)4-6-10/h3-6,14H,7-8H2,1-2H3. The largest absolute Gasteiger partial charge is 0.476 e. The maximum absolute atomic E-state index is 11.6. The molecular formula is C12H15ClO4. The van der Waals surface area contributed by atoms with E-state index in [-0.39, 0.29) is 13.2 Å². The molecule has 1 N–H and O–H groups in total. The molecule has 0 atom stereocenters. The van der Waals surface area contributed by atoms with Gasteiger partial charge in [-0.05, 0) is 38.1 Å². The molecule has 0 heterocycles. The minimum absolute atomic E-state index is 0.0355. The van der Waals surface area contributed by atoms with Gasteiger partial charge in [-0.25, -0.2) is 4.79 Å². The molecule has 0 amide bonds. The Balaban J connectivity index is 2.65. The van der Waals surface area contributed by atoms with E-state index in [1.807, 2.05) is 0 Å². The van der Waals surface area contributed by atoms with Crippen LogP contribution in [0.2, 0.25) is 5.02 Å². The molecule has 0 aromatic heterocycles. The first kappa shape index (κ1) is 13.8. The van der Waals surface area contributed by atoms with Crippen LogP contribution in [0.25, 0.3) is 0 Å². The van der Waals surface area contributed by atoms with Gasteiger partial charge in [0.15, 0.2) is 5.60 Å². The minimum atomic E-state index is -1.11. The van der Waals surface area contributed by atoms with Gasteiger partial charge in [0.05, 0.1) is 6.61 Å². The topological polar surface area (TPSA) is 55.8 Å². The zero-order valence-electron chi connectivity index (χ0n) is 9.77. The summed E-state index contributed by atoms with van der Waals surface area (Å²) in [6.07, 6.45) is 0. The van der Waals surface area contributed by atoms with Crippen molar-refractivity contribution in [2.45, 2.75) is 19.4 Å². The maximum atomic E-state index is 11.6. The molecule has 4 nitrogen and oxygen atoms in total. The molecule has 0 bridgehead atoms. The molecule has 0 saturated heterocycles. The second kappa shape index (κ2) is 5.89. The summed E-state index contributed by atoms with van der Waals surface area (Å²) in [5.74, 6) is 0.00171. The number of hydrogen-bond donors (Lipinski definition) is 1. The molecule has 0 aliphatic heterocycles. The van der Waals surface area contributed by atoms with Crippen LogP contribution in [0.4, 0.5) is 0 Å². The third kappa shape index (κ3) is 4.24. The average Bonchev–Trinajstić information content (AvgIpc) is 2.28. The predicted octanol–water partition coefficient (Wildman–Crippen LogP) is 2.03. The lowest BCUT2D eigenvalue weighted by Gasteiger charge is -2.24. The SMILES string of the molecule is CC(C)(Oc1ccc(Cl)cc1)C(=O)OCCO. The maximum Gasteiger partial charge on any atom is 0.349 e. The lowest BCUT2D eigenvalue weighted by atomic mass is 10.1. The average molecular weight is 259 g/mol. The van der Waals surface area contributed by atoms with Gasteiger partial charge in [-0.15, -0.1) is 0 Å². The summed E-state index contributed by atoms with van der Waals surface area (Å²) in [4.78, 5) is 11.6. The molecule has 0 radical (unpaired) electrons. The van der Waals surface area contributed by atoms with Crippen LogP contribution in [0.3, 0.4) is 0 Å². The van der Waals surface area contributed by atoms with Crippen molar-refractivity contribution in [3.63, 3.8) is 0 Å². The number of hydrogen-bond acceptors (Lipinski definition) is 4. The monoisotopic (exact) mass is 258 g/mol. The van der Waals surface area contributed by atoms with Gasteiger partial charge < -0.3 is 14.6 Å². The molecular weight excluding hydrogens is 244 g/mol. The van der Waals surface area contributed by atoms with Crippen molar-refractivity contribution < 1.29 is 19.4 Å². The molecule has 0 fully saturated rings. The number of aliphatic hydroxyl groups excluding tert-OH is 1. The lowest BCUT2D eigenvalue weighted by Crippen LogP contribution is -2.40. The van der Waals surface area contributed by atoms with Crippen molar-refractivity contribution in [3.05, 3.63) is 29.3 Å². The Kier molecular flexibility index (Phi) is 4.78. The van der Waals surface area contributed by atoms with Gasteiger partial charge in [0.1, 0.15) is 12.4 Å². The van der Waals surface area contributed by atoms with Crippen LogP contribution in [-0.4, -0.2) is 29.9 Å². The molecule has 1 aromatic carbocycles. The summed E-state index contributed by atoms with van der Waals surface area (Å²) in [5, 5.41) is 9.16. The highest BCUT2D eigenvalue weighted by molar-refractivity contribution is 6.30. The molecule has 1 aromatic rings. The fraction of sp³-hybridized carbons (Fsp3) is 0.417. The zero-order chi connectivity index (χ0) is 12.9. The van der Waals surface area contributed by atoms with E-state index < -0.39 is 11.6 Å². The highest BCUT2D eigenvalue weighted by Gasteiger charge is 2.31. The molecule has 17 heavy (non-hydrogen) atoms. The molecule has 0 aliphatic carbocycles. The van der Waals surface area contributed by atoms with E-state index in [0.29, 0.717) is 10.8 Å². The van der Waals surface area contributed by atoms with E-state index in [0.717, 1.165) is 0 Å². The highest BCUT2D eigenvalue weighted by atomic mass is 35.5. The van der Waals surface area contributed by atoms with Crippen molar-refractivity contribution in [1.82, 2.24) is 0 Å². The van der Waals surface area contributed by atoms with Crippen LogP contribution in [0.1, 0.15) is 13.8 Å². The van der Waals surface area contributed by atoms with Crippen molar-refractivity contribution in [3.8, 4) is 5.75 Å². The quantitative estimate of drug-likeness (QED) is 0.821. The van der Waals surface area contributed by atoms with Gasteiger partial charge in [-0.3, -0.25) is 0 Å². The number of benzene rings is 1. The third-order valence-corrected chi connectivity index (χ3v) is 2.25. The second-order valence-corrected chi connectivity index (χ2v) is 4.36. The Labute approximate surface area is 105 Å². The number of esters is 1. The Bertz CT molecular complexity index is 373. The van der Waals surface area contributed by atoms with Crippen LogP contribution in [0.15, 0.2) is 24.3 Å². The number of aliphatic hydroxyl groups is 1. The Morgan fingerprint density at radius 3 is 2.47 bits per heavy atom. The van der Waals surface area contributed by atoms with Gasteiger partial charge in [0.25, 0.3) is 0 Å². The number of halogens is 1. The van der Waals surface area contributed by atoms with Crippen LogP contribution >= 0.6 is 11.6 Å². The Morgan fingerprint density at radius 1 is 1.35 bits per heavy atom. The van der Waals surface area contributed by atoms with Crippen molar-refractivity contribution in [2.24, 2.45) is 0 Å². The highest BCUT2D eigenvalue weighted by Crippen LogP contribution is 2.21. The molecule has 0 saturated carbocycles. The summed E-state index contributed by atoms with van der Waals surface area (Å²) >= 11 is 5.74. The number of carbonyl (C=O) groups is 1. The fourth-order valence-corrected chi connectivity index (χ4v) is 1.28. The normalized spacial score (nSPS) is 11.1. The Hall–Kier alpha value is -1.26. The van der Waals surface area contributed by atoms with Crippen LogP contribution in [0.5, 0.6) is 5.75 Å². The summed E-state index contributed by atoms with van der Waals surface area (Å²) in [6, 6.07) is 6.69. The van der Waals surface area contributed by atoms with Crippen molar-refractivity contribution in [1.29, 1.82) is 0 Å². The van der Waals surface area contributed by atoms with E-state index in [1.165, 1.54) is 0 Å². The Morgan fingerprint density at radius 2 is 1.94 bits per heavy atom. The summed E-state index contributed by atoms with van der Waals surface area (Å²) < 4.78 is 10.3. The van der Waals surface area contributed by atoms with Crippen molar-refractivity contribution >= 4 is 17.6 Å². The van der Waals surface area contributed by atoms with Gasteiger partial charge in [-0.1, -0.05) is 11.6 Å². The molecule has 0 aliphatic rings. The number of carbonyl (C=O) groups excluding carboxylic acids is 1. The molecule has 0 unspecified atom stereocenters. The van der Waals surface area contributed by atoms with Crippen LogP contribution in [-0.2, 0) is 9.53 Å². The third-order valence-electron chi connectivity index (χ3n) is 2.00. The van der Waals surface area contributed by atoms with E-state index >= 15 is 0 Å². The van der Waals surface area contributed by atoms with Gasteiger partial charge in [0, 0.05) is 5.02 Å². The van der Waals surface area contributed by atoms with E-state index in [1.54, 1.807) is 38.1 Å². The molecule has 5 heteroatoms. The smallest absolute Gasteiger partial charge is 0.349 e. The second-order valence-electron chi connectivity index (χ2n) is 3.93. The van der Waals surface area contributed by atoms with E-state index in [2.05, 4.69) is 0 Å². The van der Waals surface area contributed by atoms with Crippen LogP contribution in [0, 0.1) is 0 Å². The van der Waals surface area contributed by atoms with Gasteiger partial charge in [0.2, 0.25) is 0 Å². The summed E-state index contributed by atoms with van der Waals surface area (Å²) in [6.45, 7) is 2.96. The first-order valence-corrected chi connectivity index (χ1v) is 5.56. The van der Waals surface area contributed by atoms with Crippen molar-refractivity contribution in [2.75, 3.05) is 13.2 Å². The van der Waals surface area contributed by atoms with E-state index in [9.17, 15) is 4.79 Å². The van der Waals surface area contributed by atoms with Gasteiger partial charge >= 0.3 is 5.97 Å². The summed E-state index contributed by atoms with van der Waals surface area (Å²) in [5.41, 5.74) is -1.11. The summed E-state index contributed by atoms with van der Waals surface area (Å²) in [7, 11) is 0. The predicted molar refractivity (Wildman–Crippen MR) is 64.2 cm³/mol. The molecule has 94 valence electrons. The van der Waals surface area contributed by atoms with E-state index in [4.69, 9.17) is 26.2 Å². The first-order chi connectivity index (χ1) is 7.95. The minimum Gasteiger partial charge on any atom is -0.476 e. The zero-order valence-corrected chi connectivity index (χ0v) is 10.5. The number of ether oxygens (including phenoxy) is 2. The van der Waals surface area contributed by atoms with Crippen LogP contribution < -0.4 is 4.74 Å². The lowest BCUT2D eigenvalue weighted by molar-refractivity contribution is -0.160. The fourth-order valence-electron chi connectivity index (χ4n) is 1.15. The van der Waals surface area contributed by atoms with Gasteiger partial charge in [-0.2, -0.15) is 0 Å².